The lowest BCUT2D eigenvalue weighted by atomic mass is 10.1. The lowest BCUT2D eigenvalue weighted by Gasteiger charge is -2.23. The predicted molar refractivity (Wildman–Crippen MR) is 116 cm³/mol. The van der Waals surface area contributed by atoms with Gasteiger partial charge in [0.2, 0.25) is 0 Å². The molecule has 5 heteroatoms. The van der Waals surface area contributed by atoms with E-state index in [2.05, 4.69) is 58.7 Å². The Morgan fingerprint density at radius 2 is 1.68 bits per heavy atom. The Balaban J connectivity index is 1.59. The summed E-state index contributed by atoms with van der Waals surface area (Å²) in [4.78, 5) is 14.3. The van der Waals surface area contributed by atoms with Gasteiger partial charge in [0.1, 0.15) is 0 Å². The summed E-state index contributed by atoms with van der Waals surface area (Å²) in [6.07, 6.45) is 1.63. The van der Waals surface area contributed by atoms with E-state index >= 15 is 0 Å². The third kappa shape index (κ3) is 5.44. The van der Waals surface area contributed by atoms with Gasteiger partial charge in [0, 0.05) is 29.4 Å². The first kappa shape index (κ1) is 19.6. The Bertz CT molecular complexity index is 922. The molecule has 4 nitrogen and oxygen atoms in total. The number of nitrogens with zero attached hydrogens (tertiary/aromatic N) is 2. The minimum atomic E-state index is -0.274. The molecule has 0 radical (unpaired) electrons. The number of benzene rings is 3. The molecule has 1 amide bonds. The number of hydrogen-bond acceptors (Lipinski definition) is 3. The number of hydrogen-bond donors (Lipinski definition) is 1. The van der Waals surface area contributed by atoms with Crippen molar-refractivity contribution in [2.75, 3.05) is 11.4 Å². The number of rotatable bonds is 7. The van der Waals surface area contributed by atoms with Gasteiger partial charge >= 0.3 is 0 Å². The van der Waals surface area contributed by atoms with Crippen LogP contribution in [-0.2, 0) is 6.54 Å². The topological polar surface area (TPSA) is 44.7 Å². The van der Waals surface area contributed by atoms with Crippen LogP contribution in [0.25, 0.3) is 0 Å². The Hall–Kier alpha value is -3.11. The highest BCUT2D eigenvalue weighted by Crippen LogP contribution is 2.17. The van der Waals surface area contributed by atoms with E-state index in [-0.39, 0.29) is 5.91 Å². The van der Waals surface area contributed by atoms with E-state index in [1.807, 2.05) is 18.2 Å². The molecular formula is C23H22ClN3O. The van der Waals surface area contributed by atoms with E-state index in [0.29, 0.717) is 10.6 Å². The first-order chi connectivity index (χ1) is 13.7. The van der Waals surface area contributed by atoms with Gasteiger partial charge in [-0.15, -0.1) is 0 Å². The van der Waals surface area contributed by atoms with Gasteiger partial charge in [0.05, 0.1) is 6.21 Å². The molecule has 0 aromatic heterocycles. The molecule has 28 heavy (non-hydrogen) atoms. The first-order valence-electron chi connectivity index (χ1n) is 9.13. The second-order valence-electron chi connectivity index (χ2n) is 6.30. The largest absolute Gasteiger partial charge is 0.367 e. The van der Waals surface area contributed by atoms with Gasteiger partial charge in [0.25, 0.3) is 5.91 Å². The highest BCUT2D eigenvalue weighted by molar-refractivity contribution is 6.30. The zero-order valence-electron chi connectivity index (χ0n) is 15.7. The maximum absolute atomic E-state index is 12.0. The fourth-order valence-electron chi connectivity index (χ4n) is 2.79. The van der Waals surface area contributed by atoms with Crippen molar-refractivity contribution in [2.24, 2.45) is 5.10 Å². The molecule has 0 saturated heterocycles. The summed E-state index contributed by atoms with van der Waals surface area (Å²) in [6, 6.07) is 25.2. The fraction of sp³-hybridized carbons (Fsp3) is 0.130. The molecule has 142 valence electrons. The number of hydrazone groups is 1. The molecule has 0 aliphatic heterocycles. The van der Waals surface area contributed by atoms with Crippen LogP contribution in [0.1, 0.15) is 28.4 Å². The van der Waals surface area contributed by atoms with Crippen LogP contribution < -0.4 is 10.3 Å². The molecule has 0 aliphatic carbocycles. The summed E-state index contributed by atoms with van der Waals surface area (Å²) < 4.78 is 0. The molecule has 3 aromatic carbocycles. The quantitative estimate of drug-likeness (QED) is 0.448. The highest BCUT2D eigenvalue weighted by Gasteiger charge is 2.05. The molecule has 0 bridgehead atoms. The summed E-state index contributed by atoms with van der Waals surface area (Å²) in [5.41, 5.74) is 6.37. The zero-order chi connectivity index (χ0) is 19.8. The number of carbonyl (C=O) groups excluding carboxylic acids is 1. The Labute approximate surface area is 170 Å². The number of anilines is 1. The van der Waals surface area contributed by atoms with Crippen LogP contribution in [0, 0.1) is 0 Å². The van der Waals surface area contributed by atoms with Crippen LogP contribution in [0.2, 0.25) is 5.02 Å². The second kappa shape index (κ2) is 9.72. The number of nitrogens with one attached hydrogen (secondary N) is 1. The van der Waals surface area contributed by atoms with E-state index < -0.39 is 0 Å². The van der Waals surface area contributed by atoms with Crippen LogP contribution in [-0.4, -0.2) is 18.7 Å². The van der Waals surface area contributed by atoms with Gasteiger partial charge in [-0.2, -0.15) is 5.10 Å². The van der Waals surface area contributed by atoms with Crippen molar-refractivity contribution in [3.8, 4) is 0 Å². The molecule has 0 spiro atoms. The van der Waals surface area contributed by atoms with Crippen molar-refractivity contribution in [3.63, 3.8) is 0 Å². The van der Waals surface area contributed by atoms with Crippen molar-refractivity contribution in [1.82, 2.24) is 5.43 Å². The molecular weight excluding hydrogens is 370 g/mol. The van der Waals surface area contributed by atoms with E-state index in [1.54, 1.807) is 30.5 Å². The Morgan fingerprint density at radius 1 is 1.00 bits per heavy atom. The van der Waals surface area contributed by atoms with Gasteiger partial charge in [-0.05, 0) is 54.4 Å². The molecule has 0 fully saturated rings. The summed E-state index contributed by atoms with van der Waals surface area (Å²) in [7, 11) is 0. The van der Waals surface area contributed by atoms with Crippen molar-refractivity contribution >= 4 is 29.4 Å². The molecule has 3 aromatic rings. The van der Waals surface area contributed by atoms with Gasteiger partial charge in [-0.3, -0.25) is 4.79 Å². The number of amides is 1. The van der Waals surface area contributed by atoms with Crippen LogP contribution in [0.15, 0.2) is 84.0 Å². The van der Waals surface area contributed by atoms with E-state index in [4.69, 9.17) is 11.6 Å². The molecule has 1 N–H and O–H groups in total. The van der Waals surface area contributed by atoms with Gasteiger partial charge in [0.15, 0.2) is 0 Å². The van der Waals surface area contributed by atoms with E-state index in [9.17, 15) is 4.79 Å². The molecule has 0 aliphatic rings. The highest BCUT2D eigenvalue weighted by atomic mass is 35.5. The average molecular weight is 392 g/mol. The van der Waals surface area contributed by atoms with Crippen LogP contribution >= 0.6 is 11.6 Å². The van der Waals surface area contributed by atoms with E-state index in [1.165, 1.54) is 5.56 Å². The molecule has 3 rings (SSSR count). The summed E-state index contributed by atoms with van der Waals surface area (Å²) in [6.45, 7) is 3.92. The zero-order valence-corrected chi connectivity index (χ0v) is 16.4. The third-order valence-electron chi connectivity index (χ3n) is 4.34. The molecule has 0 unspecified atom stereocenters. The Kier molecular flexibility index (Phi) is 6.82. The van der Waals surface area contributed by atoms with Gasteiger partial charge in [-0.1, -0.05) is 54.1 Å². The monoisotopic (exact) mass is 391 g/mol. The number of halogens is 1. The van der Waals surface area contributed by atoms with Crippen molar-refractivity contribution < 1.29 is 4.79 Å². The normalized spacial score (nSPS) is 10.8. The summed E-state index contributed by atoms with van der Waals surface area (Å²) >= 11 is 5.83. The second-order valence-corrected chi connectivity index (χ2v) is 6.73. The minimum absolute atomic E-state index is 0.274. The molecule has 0 atom stereocenters. The minimum Gasteiger partial charge on any atom is -0.367 e. The van der Waals surface area contributed by atoms with Crippen molar-refractivity contribution in [3.05, 3.63) is 101 Å². The standard InChI is InChI=1S/C23H22ClN3O/c1-2-27(17-19-6-4-3-5-7-19)22-14-8-18(9-15-22)16-25-26-23(28)20-10-12-21(24)13-11-20/h3-16H,2,17H2,1H3,(H,26,28). The summed E-state index contributed by atoms with van der Waals surface area (Å²) in [5.74, 6) is -0.274. The molecule has 0 heterocycles. The maximum Gasteiger partial charge on any atom is 0.271 e. The van der Waals surface area contributed by atoms with Gasteiger partial charge < -0.3 is 4.90 Å². The SMILES string of the molecule is CCN(Cc1ccccc1)c1ccc(C=NNC(=O)c2ccc(Cl)cc2)cc1. The predicted octanol–water partition coefficient (Wildman–Crippen LogP) is 5.13. The van der Waals surface area contributed by atoms with Gasteiger partial charge in [-0.25, -0.2) is 5.43 Å². The van der Waals surface area contributed by atoms with E-state index in [0.717, 1.165) is 24.3 Å². The van der Waals surface area contributed by atoms with Crippen LogP contribution in [0.4, 0.5) is 5.69 Å². The molecule has 0 saturated carbocycles. The Morgan fingerprint density at radius 3 is 2.32 bits per heavy atom. The maximum atomic E-state index is 12.0. The first-order valence-corrected chi connectivity index (χ1v) is 9.51. The third-order valence-corrected chi connectivity index (χ3v) is 4.59. The smallest absolute Gasteiger partial charge is 0.271 e. The van der Waals surface area contributed by atoms with Crippen molar-refractivity contribution in [2.45, 2.75) is 13.5 Å². The number of carbonyl (C=O) groups is 1. The lowest BCUT2D eigenvalue weighted by Crippen LogP contribution is -2.21. The van der Waals surface area contributed by atoms with Crippen LogP contribution in [0.3, 0.4) is 0 Å². The van der Waals surface area contributed by atoms with Crippen molar-refractivity contribution in [1.29, 1.82) is 0 Å². The van der Waals surface area contributed by atoms with Crippen LogP contribution in [0.5, 0.6) is 0 Å². The fourth-order valence-corrected chi connectivity index (χ4v) is 2.92. The summed E-state index contributed by atoms with van der Waals surface area (Å²) in [5, 5.41) is 4.62. The average Bonchev–Trinajstić information content (AvgIpc) is 2.74. The lowest BCUT2D eigenvalue weighted by molar-refractivity contribution is 0.0955.